The van der Waals surface area contributed by atoms with E-state index in [1.807, 2.05) is 0 Å². The third-order valence-corrected chi connectivity index (χ3v) is 5.88. The third kappa shape index (κ3) is 14.0. The average molecular weight is 579 g/mol. The summed E-state index contributed by atoms with van der Waals surface area (Å²) >= 11 is 0. The number of nitrogens with one attached hydrogen (secondary N) is 3. The number of amides is 3. The number of aliphatic hydroxyl groups is 1. The van der Waals surface area contributed by atoms with Gasteiger partial charge in [-0.1, -0.05) is 30.3 Å². The Balaban J connectivity index is 3.14. The fourth-order valence-electron chi connectivity index (χ4n) is 3.62. The molecule has 15 N–H and O–H groups in total. The van der Waals surface area contributed by atoms with E-state index in [1.54, 1.807) is 30.3 Å². The number of benzene rings is 1. The highest BCUT2D eigenvalue weighted by molar-refractivity contribution is 5.94. The number of nitrogens with two attached hydrogens (primary N) is 5. The molecule has 0 spiro atoms. The van der Waals surface area contributed by atoms with Crippen molar-refractivity contribution in [2.45, 2.75) is 69.3 Å². The number of nitrogens with zero attached hydrogens (tertiary/aromatic N) is 2. The van der Waals surface area contributed by atoms with Crippen LogP contribution < -0.4 is 44.6 Å². The summed E-state index contributed by atoms with van der Waals surface area (Å²) in [6, 6.07) is 3.82. The number of aliphatic carboxylic acids is 1. The maximum Gasteiger partial charge on any atom is 0.326 e. The summed E-state index contributed by atoms with van der Waals surface area (Å²) in [6.45, 7) is 1.66. The van der Waals surface area contributed by atoms with Crippen molar-refractivity contribution in [3.63, 3.8) is 0 Å². The van der Waals surface area contributed by atoms with Gasteiger partial charge >= 0.3 is 5.97 Å². The fraction of sp³-hybridized carbons (Fsp3) is 0.520. The van der Waals surface area contributed by atoms with Crippen LogP contribution in [0, 0.1) is 0 Å². The Labute approximate surface area is 238 Å². The number of hydrogen-bond donors (Lipinski definition) is 10. The number of carbonyl (C=O) groups is 4. The SMILES string of the molecule is CC(O)C(N)C(=O)NC(CCCN=C(N)N)C(=O)NC(Cc1ccccc1)C(=O)NC(CCCN=C(N)N)C(=O)O. The average Bonchev–Trinajstić information content (AvgIpc) is 2.90. The van der Waals surface area contributed by atoms with Crippen LogP contribution in [0.25, 0.3) is 0 Å². The van der Waals surface area contributed by atoms with E-state index in [0.717, 1.165) is 0 Å². The minimum absolute atomic E-state index is 0.0284. The van der Waals surface area contributed by atoms with Crippen LogP contribution in [0.1, 0.15) is 38.2 Å². The van der Waals surface area contributed by atoms with E-state index in [-0.39, 0.29) is 57.1 Å². The van der Waals surface area contributed by atoms with Gasteiger partial charge < -0.3 is 54.8 Å². The van der Waals surface area contributed by atoms with E-state index >= 15 is 0 Å². The van der Waals surface area contributed by atoms with Crippen LogP contribution >= 0.6 is 0 Å². The van der Waals surface area contributed by atoms with E-state index in [1.165, 1.54) is 6.92 Å². The van der Waals surface area contributed by atoms with E-state index in [4.69, 9.17) is 28.7 Å². The molecule has 0 aliphatic carbocycles. The Morgan fingerprint density at radius 1 is 0.780 bits per heavy atom. The summed E-state index contributed by atoms with van der Waals surface area (Å²) in [4.78, 5) is 58.6. The van der Waals surface area contributed by atoms with Crippen LogP contribution in [-0.4, -0.2) is 89.2 Å². The molecule has 1 aromatic rings. The minimum atomic E-state index is -1.30. The van der Waals surface area contributed by atoms with Gasteiger partial charge in [-0.2, -0.15) is 0 Å². The van der Waals surface area contributed by atoms with Crippen molar-refractivity contribution in [1.29, 1.82) is 0 Å². The molecule has 228 valence electrons. The van der Waals surface area contributed by atoms with Gasteiger partial charge in [0.25, 0.3) is 0 Å². The maximum atomic E-state index is 13.3. The van der Waals surface area contributed by atoms with Gasteiger partial charge in [-0.25, -0.2) is 4.79 Å². The highest BCUT2D eigenvalue weighted by atomic mass is 16.4. The van der Waals surface area contributed by atoms with Crippen LogP contribution in [0.3, 0.4) is 0 Å². The molecule has 1 aromatic carbocycles. The molecule has 3 amide bonds. The number of carboxylic acid groups (broad SMARTS) is 1. The number of carbonyl (C=O) groups excluding carboxylic acids is 3. The van der Waals surface area contributed by atoms with Crippen molar-refractivity contribution in [1.82, 2.24) is 16.0 Å². The Morgan fingerprint density at radius 2 is 1.24 bits per heavy atom. The molecule has 0 saturated carbocycles. The Bertz CT molecular complexity index is 1060. The molecule has 1 rings (SSSR count). The van der Waals surface area contributed by atoms with Crippen LogP contribution in [0.15, 0.2) is 40.3 Å². The second-order valence-electron chi connectivity index (χ2n) is 9.38. The number of aliphatic hydroxyl groups excluding tert-OH is 1. The van der Waals surface area contributed by atoms with Crippen molar-refractivity contribution in [2.24, 2.45) is 38.7 Å². The number of guanidine groups is 2. The van der Waals surface area contributed by atoms with Crippen molar-refractivity contribution >= 4 is 35.6 Å². The van der Waals surface area contributed by atoms with Gasteiger partial charge in [0.2, 0.25) is 17.7 Å². The maximum absolute atomic E-state index is 13.3. The predicted octanol–water partition coefficient (Wildman–Crippen LogP) is -3.42. The van der Waals surface area contributed by atoms with Gasteiger partial charge in [0, 0.05) is 19.5 Å². The summed E-state index contributed by atoms with van der Waals surface area (Å²) in [5.74, 6) is -3.81. The second kappa shape index (κ2) is 18.0. The topological polar surface area (TPSA) is 300 Å². The largest absolute Gasteiger partial charge is 0.480 e. The molecule has 0 heterocycles. The Morgan fingerprint density at radius 3 is 1.73 bits per heavy atom. The standard InChI is InChI=1S/C25H42N10O6/c1-14(36)19(26)22(39)33-16(9-5-11-31-24(27)28)20(37)35-18(13-15-7-3-2-4-8-15)21(38)34-17(23(40)41)10-6-12-32-25(29)30/h2-4,7-8,14,16-19,36H,5-6,9-13,26H2,1H3,(H,33,39)(H,34,38)(H,35,37)(H,40,41)(H4,27,28,31)(H4,29,30,32). The lowest BCUT2D eigenvalue weighted by Gasteiger charge is -2.25. The molecule has 0 saturated heterocycles. The molecule has 0 aliphatic heterocycles. The normalized spacial score (nSPS) is 14.3. The Kier molecular flexibility index (Phi) is 15.2. The number of rotatable bonds is 18. The molecule has 5 atom stereocenters. The first-order chi connectivity index (χ1) is 19.3. The van der Waals surface area contributed by atoms with Crippen molar-refractivity contribution in [2.75, 3.05) is 13.1 Å². The molecule has 16 nitrogen and oxygen atoms in total. The first kappa shape index (κ1) is 34.6. The number of hydrogen-bond acceptors (Lipinski definition) is 8. The summed E-state index contributed by atoms with van der Waals surface area (Å²) in [5, 5.41) is 26.9. The van der Waals surface area contributed by atoms with Crippen molar-refractivity contribution in [3.8, 4) is 0 Å². The Hall–Kier alpha value is -4.44. The van der Waals surface area contributed by atoms with Gasteiger partial charge in [-0.3, -0.25) is 24.4 Å². The summed E-state index contributed by atoms with van der Waals surface area (Å²) < 4.78 is 0. The summed E-state index contributed by atoms with van der Waals surface area (Å²) in [7, 11) is 0. The lowest BCUT2D eigenvalue weighted by atomic mass is 10.0. The monoisotopic (exact) mass is 578 g/mol. The zero-order chi connectivity index (χ0) is 30.9. The van der Waals surface area contributed by atoms with E-state index in [0.29, 0.717) is 5.56 Å². The van der Waals surface area contributed by atoms with Crippen LogP contribution in [-0.2, 0) is 25.6 Å². The second-order valence-corrected chi connectivity index (χ2v) is 9.38. The first-order valence-corrected chi connectivity index (χ1v) is 13.0. The minimum Gasteiger partial charge on any atom is -0.480 e. The van der Waals surface area contributed by atoms with Gasteiger partial charge in [0.1, 0.15) is 24.2 Å². The van der Waals surface area contributed by atoms with Gasteiger partial charge in [-0.15, -0.1) is 0 Å². The zero-order valence-corrected chi connectivity index (χ0v) is 23.0. The predicted molar refractivity (Wildman–Crippen MR) is 153 cm³/mol. The van der Waals surface area contributed by atoms with E-state index in [9.17, 15) is 29.4 Å². The number of carboxylic acids is 1. The highest BCUT2D eigenvalue weighted by Gasteiger charge is 2.31. The molecule has 0 bridgehead atoms. The molecule has 0 aliphatic rings. The van der Waals surface area contributed by atoms with Crippen LogP contribution in [0.2, 0.25) is 0 Å². The first-order valence-electron chi connectivity index (χ1n) is 13.0. The molecule has 0 fully saturated rings. The molecule has 41 heavy (non-hydrogen) atoms. The lowest BCUT2D eigenvalue weighted by molar-refractivity contribution is -0.142. The molecule has 16 heteroatoms. The van der Waals surface area contributed by atoms with Gasteiger partial charge in [0.05, 0.1) is 6.10 Å². The third-order valence-electron chi connectivity index (χ3n) is 5.88. The van der Waals surface area contributed by atoms with Crippen LogP contribution in [0.5, 0.6) is 0 Å². The van der Waals surface area contributed by atoms with E-state index in [2.05, 4.69) is 25.9 Å². The quantitative estimate of drug-likeness (QED) is 0.0464. The van der Waals surface area contributed by atoms with Crippen molar-refractivity contribution < 1.29 is 29.4 Å². The molecule has 0 radical (unpaired) electrons. The molecule has 0 aromatic heterocycles. The van der Waals surface area contributed by atoms with Gasteiger partial charge in [0.15, 0.2) is 11.9 Å². The van der Waals surface area contributed by atoms with Gasteiger partial charge in [-0.05, 0) is 38.2 Å². The summed E-state index contributed by atoms with van der Waals surface area (Å²) in [5.41, 5.74) is 27.7. The fourth-order valence-corrected chi connectivity index (χ4v) is 3.62. The highest BCUT2D eigenvalue weighted by Crippen LogP contribution is 2.08. The lowest BCUT2D eigenvalue weighted by Crippen LogP contribution is -2.58. The molecular formula is C25H42N10O6. The van der Waals surface area contributed by atoms with Crippen molar-refractivity contribution in [3.05, 3.63) is 35.9 Å². The van der Waals surface area contributed by atoms with E-state index < -0.39 is 54.0 Å². The van der Waals surface area contributed by atoms with Crippen LogP contribution in [0.4, 0.5) is 0 Å². The summed E-state index contributed by atoms with van der Waals surface area (Å²) in [6.07, 6.45) is -0.490. The number of aliphatic imine (C=N–C) groups is 2. The zero-order valence-electron chi connectivity index (χ0n) is 23.0. The molecular weight excluding hydrogens is 536 g/mol. The molecule has 5 unspecified atom stereocenters. The smallest absolute Gasteiger partial charge is 0.326 e.